The van der Waals surface area contributed by atoms with Crippen molar-refractivity contribution in [3.63, 3.8) is 0 Å². The molecule has 0 aliphatic heterocycles. The summed E-state index contributed by atoms with van der Waals surface area (Å²) in [6.07, 6.45) is 3.21. The summed E-state index contributed by atoms with van der Waals surface area (Å²) >= 11 is 13.1. The standard InChI is InChI=1S/C17H11Cl2N3O3S/c18-10-2-1-3-11(19)14(10)22-17(25)21-12-8-13(26-15(12)16(23)24)9-4-6-20-7-5-9/h1-8H,(H,23,24)(H2,21,22,25). The Bertz CT molecular complexity index is 956. The molecule has 0 aliphatic carbocycles. The summed E-state index contributed by atoms with van der Waals surface area (Å²) in [7, 11) is 0. The number of hydrogen-bond donors (Lipinski definition) is 3. The number of urea groups is 1. The van der Waals surface area contributed by atoms with Gasteiger partial charge in [0, 0.05) is 17.3 Å². The van der Waals surface area contributed by atoms with Crippen molar-refractivity contribution >= 4 is 57.9 Å². The average molecular weight is 408 g/mol. The maximum atomic E-state index is 12.3. The van der Waals surface area contributed by atoms with Gasteiger partial charge >= 0.3 is 12.0 Å². The van der Waals surface area contributed by atoms with Gasteiger partial charge in [-0.2, -0.15) is 0 Å². The predicted molar refractivity (Wildman–Crippen MR) is 104 cm³/mol. The third-order valence-corrected chi connectivity index (χ3v) is 5.14. The molecular formula is C17H11Cl2N3O3S. The van der Waals surface area contributed by atoms with Crippen molar-refractivity contribution in [2.24, 2.45) is 0 Å². The molecule has 0 bridgehead atoms. The van der Waals surface area contributed by atoms with Gasteiger partial charge in [0.25, 0.3) is 0 Å². The van der Waals surface area contributed by atoms with Crippen LogP contribution in [0.1, 0.15) is 9.67 Å². The summed E-state index contributed by atoms with van der Waals surface area (Å²) in [5.74, 6) is -1.14. The lowest BCUT2D eigenvalue weighted by molar-refractivity contribution is 0.0703. The first-order valence-corrected chi connectivity index (χ1v) is 8.82. The topological polar surface area (TPSA) is 91.3 Å². The summed E-state index contributed by atoms with van der Waals surface area (Å²) in [6, 6.07) is 9.26. The van der Waals surface area contributed by atoms with Gasteiger partial charge in [-0.1, -0.05) is 29.3 Å². The third-order valence-electron chi connectivity index (χ3n) is 3.34. The molecule has 0 atom stereocenters. The molecule has 3 rings (SSSR count). The van der Waals surface area contributed by atoms with Gasteiger partial charge in [-0.3, -0.25) is 4.98 Å². The van der Waals surface area contributed by atoms with E-state index >= 15 is 0 Å². The number of nitrogens with one attached hydrogen (secondary N) is 2. The summed E-state index contributed by atoms with van der Waals surface area (Å²) in [5, 5.41) is 15.0. The second kappa shape index (κ2) is 7.74. The van der Waals surface area contributed by atoms with Crippen molar-refractivity contribution in [2.75, 3.05) is 10.6 Å². The number of carboxylic acid groups (broad SMARTS) is 1. The van der Waals surface area contributed by atoms with Crippen molar-refractivity contribution in [3.05, 3.63) is 63.7 Å². The molecule has 0 saturated heterocycles. The minimum Gasteiger partial charge on any atom is -0.477 e. The Balaban J connectivity index is 1.86. The van der Waals surface area contributed by atoms with Crippen LogP contribution in [0.4, 0.5) is 16.2 Å². The largest absolute Gasteiger partial charge is 0.477 e. The highest BCUT2D eigenvalue weighted by Crippen LogP contribution is 2.35. The highest BCUT2D eigenvalue weighted by atomic mass is 35.5. The third kappa shape index (κ3) is 3.96. The number of nitrogens with zero attached hydrogens (tertiary/aromatic N) is 1. The van der Waals surface area contributed by atoms with Crippen molar-refractivity contribution in [1.82, 2.24) is 4.98 Å². The average Bonchev–Trinajstić information content (AvgIpc) is 3.03. The number of anilines is 2. The monoisotopic (exact) mass is 407 g/mol. The molecule has 0 unspecified atom stereocenters. The number of thiophene rings is 1. The van der Waals surface area contributed by atoms with Crippen LogP contribution in [-0.2, 0) is 0 Å². The fraction of sp³-hybridized carbons (Fsp3) is 0. The van der Waals surface area contributed by atoms with E-state index in [9.17, 15) is 14.7 Å². The van der Waals surface area contributed by atoms with E-state index in [4.69, 9.17) is 23.2 Å². The van der Waals surface area contributed by atoms with Crippen LogP contribution in [-0.4, -0.2) is 22.1 Å². The van der Waals surface area contributed by atoms with Gasteiger partial charge < -0.3 is 15.7 Å². The molecule has 2 amide bonds. The number of hydrogen-bond acceptors (Lipinski definition) is 4. The van der Waals surface area contributed by atoms with E-state index in [2.05, 4.69) is 15.6 Å². The molecule has 3 N–H and O–H groups in total. The summed E-state index contributed by atoms with van der Waals surface area (Å²) in [6.45, 7) is 0. The summed E-state index contributed by atoms with van der Waals surface area (Å²) in [4.78, 5) is 28.4. The normalized spacial score (nSPS) is 10.4. The number of para-hydroxylation sites is 1. The van der Waals surface area contributed by atoms with E-state index in [1.807, 2.05) is 0 Å². The first kappa shape index (κ1) is 18.2. The molecular weight excluding hydrogens is 397 g/mol. The number of carboxylic acids is 1. The number of benzene rings is 1. The van der Waals surface area contributed by atoms with Crippen LogP contribution in [0.3, 0.4) is 0 Å². The van der Waals surface area contributed by atoms with Crippen molar-refractivity contribution in [2.45, 2.75) is 0 Å². The van der Waals surface area contributed by atoms with Crippen LogP contribution in [0, 0.1) is 0 Å². The molecule has 0 aliphatic rings. The number of carbonyl (C=O) groups excluding carboxylic acids is 1. The number of aromatic carboxylic acids is 1. The molecule has 0 saturated carbocycles. The van der Waals surface area contributed by atoms with Gasteiger partial charge in [-0.05, 0) is 35.9 Å². The molecule has 2 aromatic heterocycles. The molecule has 3 aromatic rings. The van der Waals surface area contributed by atoms with Crippen molar-refractivity contribution < 1.29 is 14.7 Å². The predicted octanol–water partition coefficient (Wildman–Crippen LogP) is 5.46. The lowest BCUT2D eigenvalue weighted by Gasteiger charge is -2.10. The van der Waals surface area contributed by atoms with E-state index in [1.165, 1.54) is 0 Å². The Morgan fingerprint density at radius 2 is 1.69 bits per heavy atom. The number of pyridine rings is 1. The van der Waals surface area contributed by atoms with E-state index in [0.717, 1.165) is 16.9 Å². The van der Waals surface area contributed by atoms with Gasteiger partial charge in [0.1, 0.15) is 4.88 Å². The van der Waals surface area contributed by atoms with Crippen LogP contribution in [0.2, 0.25) is 10.0 Å². The summed E-state index contributed by atoms with van der Waals surface area (Å²) in [5.41, 5.74) is 1.22. The molecule has 0 fully saturated rings. The van der Waals surface area contributed by atoms with Crippen LogP contribution in [0.25, 0.3) is 10.4 Å². The maximum absolute atomic E-state index is 12.3. The first-order chi connectivity index (χ1) is 12.5. The van der Waals surface area contributed by atoms with Crippen LogP contribution in [0.5, 0.6) is 0 Å². The Kier molecular flexibility index (Phi) is 5.41. The minimum atomic E-state index is -1.14. The number of rotatable bonds is 4. The zero-order chi connectivity index (χ0) is 18.7. The van der Waals surface area contributed by atoms with Crippen molar-refractivity contribution in [3.8, 4) is 10.4 Å². The van der Waals surface area contributed by atoms with Gasteiger partial charge in [0.2, 0.25) is 0 Å². The van der Waals surface area contributed by atoms with Crippen molar-refractivity contribution in [1.29, 1.82) is 0 Å². The SMILES string of the molecule is O=C(Nc1cc(-c2ccncc2)sc1C(=O)O)Nc1c(Cl)cccc1Cl. The molecule has 0 spiro atoms. The zero-order valence-corrected chi connectivity index (χ0v) is 15.3. The lowest BCUT2D eigenvalue weighted by Crippen LogP contribution is -2.20. The van der Waals surface area contributed by atoms with E-state index in [1.54, 1.807) is 48.8 Å². The van der Waals surface area contributed by atoms with Gasteiger partial charge in [-0.15, -0.1) is 11.3 Å². The fourth-order valence-corrected chi connectivity index (χ4v) is 3.64. The van der Waals surface area contributed by atoms with E-state index in [0.29, 0.717) is 4.88 Å². The van der Waals surface area contributed by atoms with Crippen LogP contribution >= 0.6 is 34.5 Å². The Morgan fingerprint density at radius 3 is 2.31 bits per heavy atom. The first-order valence-electron chi connectivity index (χ1n) is 7.25. The molecule has 132 valence electrons. The Hall–Kier alpha value is -2.61. The quantitative estimate of drug-likeness (QED) is 0.535. The molecule has 2 heterocycles. The van der Waals surface area contributed by atoms with Gasteiger partial charge in [0.15, 0.2) is 0 Å². The second-order valence-corrected chi connectivity index (χ2v) is 6.94. The minimum absolute atomic E-state index is 0.0113. The van der Waals surface area contributed by atoms with E-state index in [-0.39, 0.29) is 26.3 Å². The Labute approximate surface area is 162 Å². The van der Waals surface area contributed by atoms with E-state index < -0.39 is 12.0 Å². The zero-order valence-electron chi connectivity index (χ0n) is 13.0. The highest BCUT2D eigenvalue weighted by Gasteiger charge is 2.19. The maximum Gasteiger partial charge on any atom is 0.348 e. The van der Waals surface area contributed by atoms with Gasteiger partial charge in [-0.25, -0.2) is 9.59 Å². The second-order valence-electron chi connectivity index (χ2n) is 5.07. The number of carbonyl (C=O) groups is 2. The molecule has 0 radical (unpaired) electrons. The lowest BCUT2D eigenvalue weighted by atomic mass is 10.2. The highest BCUT2D eigenvalue weighted by molar-refractivity contribution is 7.18. The Morgan fingerprint density at radius 1 is 1.04 bits per heavy atom. The fourth-order valence-electron chi connectivity index (χ4n) is 2.19. The number of aromatic nitrogens is 1. The van der Waals surface area contributed by atoms with Crippen LogP contribution in [0.15, 0.2) is 48.8 Å². The van der Waals surface area contributed by atoms with Crippen LogP contribution < -0.4 is 10.6 Å². The van der Waals surface area contributed by atoms with Gasteiger partial charge in [0.05, 0.1) is 21.4 Å². The smallest absolute Gasteiger partial charge is 0.348 e. The molecule has 9 heteroatoms. The molecule has 1 aromatic carbocycles. The molecule has 6 nitrogen and oxygen atoms in total. The molecule has 26 heavy (non-hydrogen) atoms. The summed E-state index contributed by atoms with van der Waals surface area (Å²) < 4.78 is 0. The number of halogens is 2. The number of amides is 2.